The number of carbonyl (C=O) groups excluding carboxylic acids is 1. The molecule has 2 aromatic rings. The molecule has 0 spiro atoms. The molecular weight excluding hydrogens is 467 g/mol. The van der Waals surface area contributed by atoms with Crippen molar-refractivity contribution in [3.63, 3.8) is 0 Å². The molecule has 12 heteroatoms. The van der Waals surface area contributed by atoms with Crippen LogP contribution in [-0.2, 0) is 14.8 Å². The Bertz CT molecular complexity index is 973. The number of nitrogens with zero attached hydrogens (tertiary/aromatic N) is 2. The molecule has 1 aromatic carbocycles. The molecule has 7 nitrogen and oxygen atoms in total. The van der Waals surface area contributed by atoms with Gasteiger partial charge in [-0.05, 0) is 42.1 Å². The number of hydrogen-bond acceptors (Lipinski definition) is 6. The molecule has 1 aromatic heterocycles. The van der Waals surface area contributed by atoms with Crippen LogP contribution in [0, 0.1) is 0 Å². The largest absolute Gasteiger partial charge is 0.411 e. The Morgan fingerprint density at radius 1 is 1.09 bits per heavy atom. The van der Waals surface area contributed by atoms with Gasteiger partial charge in [-0.1, -0.05) is 6.07 Å². The van der Waals surface area contributed by atoms with Crippen LogP contribution >= 0.6 is 11.3 Å². The molecule has 1 amide bonds. The van der Waals surface area contributed by atoms with E-state index in [0.717, 1.165) is 11.3 Å². The van der Waals surface area contributed by atoms with Gasteiger partial charge < -0.3 is 9.64 Å². The Kier molecular flexibility index (Phi) is 8.15. The highest BCUT2D eigenvalue weighted by molar-refractivity contribution is 7.94. The third-order valence-electron chi connectivity index (χ3n) is 4.83. The van der Waals surface area contributed by atoms with Gasteiger partial charge in [-0.2, -0.15) is 13.2 Å². The van der Waals surface area contributed by atoms with E-state index in [1.807, 2.05) is 0 Å². The molecule has 0 atom stereocenters. The molecule has 32 heavy (non-hydrogen) atoms. The Morgan fingerprint density at radius 3 is 2.38 bits per heavy atom. The lowest BCUT2D eigenvalue weighted by Gasteiger charge is -2.34. The predicted molar refractivity (Wildman–Crippen MR) is 115 cm³/mol. The number of thiophene rings is 1. The second-order valence-electron chi connectivity index (χ2n) is 7.27. The van der Waals surface area contributed by atoms with Gasteiger partial charge in [-0.15, -0.1) is 11.3 Å². The molecule has 0 unspecified atom stereocenters. The normalized spacial score (nSPS) is 15.7. The fourth-order valence-corrected chi connectivity index (χ4v) is 5.29. The van der Waals surface area contributed by atoms with E-state index in [1.54, 1.807) is 40.6 Å². The van der Waals surface area contributed by atoms with Crippen LogP contribution in [0.3, 0.4) is 0 Å². The minimum Gasteiger partial charge on any atom is -0.372 e. The first-order valence-corrected chi connectivity index (χ1v) is 12.3. The van der Waals surface area contributed by atoms with Gasteiger partial charge in [0.2, 0.25) is 0 Å². The summed E-state index contributed by atoms with van der Waals surface area (Å²) >= 11 is 1.12. The van der Waals surface area contributed by atoms with E-state index in [-0.39, 0.29) is 16.7 Å². The topological polar surface area (TPSA) is 79.0 Å². The molecule has 0 aliphatic carbocycles. The molecule has 176 valence electrons. The number of nitrogens with one attached hydrogen (secondary N) is 1. The quantitative estimate of drug-likeness (QED) is 0.545. The van der Waals surface area contributed by atoms with E-state index in [9.17, 15) is 26.4 Å². The molecule has 0 radical (unpaired) electrons. The summed E-state index contributed by atoms with van der Waals surface area (Å²) in [6.07, 6.45) is -3.81. The van der Waals surface area contributed by atoms with Crippen molar-refractivity contribution < 1.29 is 31.1 Å². The number of sulfonamides is 1. The second-order valence-corrected chi connectivity index (χ2v) is 10.1. The Balaban J connectivity index is 1.43. The molecule has 1 aliphatic heterocycles. The van der Waals surface area contributed by atoms with Crippen molar-refractivity contribution >= 4 is 33.0 Å². The number of ether oxygens (including phenoxy) is 1. The molecule has 0 saturated carbocycles. The van der Waals surface area contributed by atoms with Gasteiger partial charge in [0.05, 0.1) is 0 Å². The smallest absolute Gasteiger partial charge is 0.372 e. The fraction of sp³-hybridized carbons (Fsp3) is 0.450. The van der Waals surface area contributed by atoms with E-state index in [2.05, 4.69) is 14.4 Å². The number of piperazine rings is 1. The van der Waals surface area contributed by atoms with Crippen LogP contribution in [0.2, 0.25) is 0 Å². The highest BCUT2D eigenvalue weighted by atomic mass is 32.2. The minimum absolute atomic E-state index is 0.0429. The van der Waals surface area contributed by atoms with E-state index < -0.39 is 22.8 Å². The highest BCUT2D eigenvalue weighted by Gasteiger charge is 2.27. The minimum atomic E-state index is -4.31. The third-order valence-corrected chi connectivity index (χ3v) is 7.61. The summed E-state index contributed by atoms with van der Waals surface area (Å²) in [6.45, 7) is 1.70. The SMILES string of the molecule is O=C(c1ccc(NS(=O)(=O)c2cccs2)cc1)N1CCN(CCCOCC(F)(F)F)CC1. The maximum atomic E-state index is 12.7. The molecule has 3 rings (SSSR count). The highest BCUT2D eigenvalue weighted by Crippen LogP contribution is 2.21. The zero-order valence-electron chi connectivity index (χ0n) is 17.2. The van der Waals surface area contributed by atoms with E-state index in [0.29, 0.717) is 50.4 Å². The lowest BCUT2D eigenvalue weighted by Crippen LogP contribution is -2.49. The van der Waals surface area contributed by atoms with Crippen molar-refractivity contribution in [2.75, 3.05) is 50.7 Å². The van der Waals surface area contributed by atoms with E-state index in [1.165, 1.54) is 6.07 Å². The van der Waals surface area contributed by atoms with Gasteiger partial charge in [0.1, 0.15) is 10.8 Å². The maximum absolute atomic E-state index is 12.7. The summed E-state index contributed by atoms with van der Waals surface area (Å²) in [5, 5.41) is 1.68. The molecule has 1 aliphatic rings. The summed E-state index contributed by atoms with van der Waals surface area (Å²) in [5.74, 6) is -0.147. The van der Waals surface area contributed by atoms with Crippen LogP contribution < -0.4 is 4.72 Å². The summed E-state index contributed by atoms with van der Waals surface area (Å²) in [6, 6.07) is 9.44. The summed E-state index contributed by atoms with van der Waals surface area (Å²) in [4.78, 5) is 16.5. The third kappa shape index (κ3) is 7.19. The van der Waals surface area contributed by atoms with Crippen molar-refractivity contribution in [1.29, 1.82) is 0 Å². The number of carbonyl (C=O) groups is 1. The number of benzene rings is 1. The average Bonchev–Trinajstić information content (AvgIpc) is 3.29. The molecule has 1 fully saturated rings. The van der Waals surface area contributed by atoms with Gasteiger partial charge in [0, 0.05) is 50.6 Å². The fourth-order valence-electron chi connectivity index (χ4n) is 3.24. The number of anilines is 1. The average molecular weight is 492 g/mol. The maximum Gasteiger partial charge on any atom is 0.411 e. The Hall–Kier alpha value is -2.15. The molecule has 2 heterocycles. The summed E-state index contributed by atoms with van der Waals surface area (Å²) < 4.78 is 68.0. The number of rotatable bonds is 9. The van der Waals surface area contributed by atoms with Gasteiger partial charge in [0.15, 0.2) is 0 Å². The van der Waals surface area contributed by atoms with Crippen molar-refractivity contribution in [2.45, 2.75) is 16.8 Å². The van der Waals surface area contributed by atoms with Crippen LogP contribution in [0.5, 0.6) is 0 Å². The Morgan fingerprint density at radius 2 is 1.78 bits per heavy atom. The first kappa shape index (κ1) is 24.5. The summed E-state index contributed by atoms with van der Waals surface area (Å²) in [5.41, 5.74) is 0.825. The van der Waals surface area contributed by atoms with Crippen molar-refractivity contribution in [2.24, 2.45) is 0 Å². The Labute approximate surface area is 188 Å². The first-order valence-electron chi connectivity index (χ1n) is 9.96. The van der Waals surface area contributed by atoms with Crippen LogP contribution in [0.4, 0.5) is 18.9 Å². The lowest BCUT2D eigenvalue weighted by atomic mass is 10.1. The molecular formula is C20H24F3N3O4S2. The van der Waals surface area contributed by atoms with E-state index >= 15 is 0 Å². The molecule has 1 saturated heterocycles. The van der Waals surface area contributed by atoms with Crippen molar-refractivity contribution in [3.05, 3.63) is 47.3 Å². The predicted octanol–water partition coefficient (Wildman–Crippen LogP) is 3.28. The first-order chi connectivity index (χ1) is 15.1. The van der Waals surface area contributed by atoms with E-state index in [4.69, 9.17) is 0 Å². The number of alkyl halides is 3. The number of amides is 1. The molecule has 1 N–H and O–H groups in total. The zero-order valence-corrected chi connectivity index (χ0v) is 18.8. The van der Waals surface area contributed by atoms with Gasteiger partial charge in [-0.25, -0.2) is 8.42 Å². The van der Waals surface area contributed by atoms with Crippen molar-refractivity contribution in [1.82, 2.24) is 9.80 Å². The van der Waals surface area contributed by atoms with Crippen LogP contribution in [0.1, 0.15) is 16.8 Å². The van der Waals surface area contributed by atoms with Gasteiger partial charge in [-0.3, -0.25) is 14.4 Å². The lowest BCUT2D eigenvalue weighted by molar-refractivity contribution is -0.174. The monoisotopic (exact) mass is 491 g/mol. The van der Waals surface area contributed by atoms with Crippen molar-refractivity contribution in [3.8, 4) is 0 Å². The van der Waals surface area contributed by atoms with Gasteiger partial charge in [0.25, 0.3) is 15.9 Å². The number of hydrogen-bond donors (Lipinski definition) is 1. The summed E-state index contributed by atoms with van der Waals surface area (Å²) in [7, 11) is -3.65. The standard InChI is InChI=1S/C20H24F3N3O4S2/c21-20(22,23)15-30-13-2-8-25-9-11-26(12-10-25)19(27)16-4-6-17(7-5-16)24-32(28,29)18-3-1-14-31-18/h1,3-7,14,24H,2,8-13,15H2. The molecule has 0 bridgehead atoms. The van der Waals surface area contributed by atoms with Crippen LogP contribution in [-0.4, -0.2) is 76.2 Å². The van der Waals surface area contributed by atoms with Crippen LogP contribution in [0.25, 0.3) is 0 Å². The zero-order chi connectivity index (χ0) is 23.2. The second kappa shape index (κ2) is 10.6. The number of halogens is 3. The van der Waals surface area contributed by atoms with Crippen LogP contribution in [0.15, 0.2) is 46.0 Å². The van der Waals surface area contributed by atoms with Gasteiger partial charge >= 0.3 is 6.18 Å².